The van der Waals surface area contributed by atoms with Gasteiger partial charge in [-0.1, -0.05) is 0 Å². The van der Waals surface area contributed by atoms with Crippen LogP contribution in [-0.4, -0.2) is 48.0 Å². The lowest BCUT2D eigenvalue weighted by Gasteiger charge is -2.28. The summed E-state index contributed by atoms with van der Waals surface area (Å²) in [5, 5.41) is 5.42. The Bertz CT molecular complexity index is 955. The molecule has 0 saturated carbocycles. The van der Waals surface area contributed by atoms with Crippen LogP contribution in [0.3, 0.4) is 0 Å². The molecule has 2 aromatic rings. The average Bonchev–Trinajstić information content (AvgIpc) is 3.06. The molecule has 8 nitrogen and oxygen atoms in total. The molecule has 1 saturated heterocycles. The highest BCUT2D eigenvalue weighted by Gasteiger charge is 2.44. The van der Waals surface area contributed by atoms with Crippen molar-refractivity contribution in [3.05, 3.63) is 28.0 Å². The average molecular weight is 521 g/mol. The normalized spacial score (nSPS) is 20.0. The Balaban J connectivity index is 1.70. The van der Waals surface area contributed by atoms with Crippen LogP contribution >= 0.6 is 22.6 Å². The van der Waals surface area contributed by atoms with Crippen LogP contribution in [-0.2, 0) is 30.8 Å². The lowest BCUT2D eigenvalue weighted by atomic mass is 10.1. The molecule has 0 aliphatic carbocycles. The third kappa shape index (κ3) is 4.84. The summed E-state index contributed by atoms with van der Waals surface area (Å²) in [6.07, 6.45) is 4.99. The first kappa shape index (κ1) is 21.5. The molecule has 2 heterocycles. The minimum Gasteiger partial charge on any atom is -0.350 e. The van der Waals surface area contributed by atoms with Crippen LogP contribution in [0.25, 0.3) is 10.9 Å². The van der Waals surface area contributed by atoms with Crippen molar-refractivity contribution < 1.29 is 22.8 Å². The summed E-state index contributed by atoms with van der Waals surface area (Å²) in [4.78, 5) is 18.0. The van der Waals surface area contributed by atoms with Gasteiger partial charge in [-0.25, -0.2) is 18.7 Å². The molecular weight excluding hydrogens is 497 g/mol. The van der Waals surface area contributed by atoms with Crippen LogP contribution in [0.4, 0.5) is 0 Å². The molecule has 1 aromatic carbocycles. The fourth-order valence-electron chi connectivity index (χ4n) is 2.99. The molecular formula is C18H24IN3O5S. The van der Waals surface area contributed by atoms with Crippen LogP contribution < -0.4 is 5.48 Å². The van der Waals surface area contributed by atoms with E-state index in [0.29, 0.717) is 13.0 Å². The van der Waals surface area contributed by atoms with Gasteiger partial charge < -0.3 is 4.74 Å². The number of hydroxylamine groups is 1. The van der Waals surface area contributed by atoms with Gasteiger partial charge >= 0.3 is 0 Å². The number of carbonyl (C=O) groups excluding carboxylic acids is 1. The van der Waals surface area contributed by atoms with Crippen LogP contribution in [0, 0.1) is 3.57 Å². The van der Waals surface area contributed by atoms with Gasteiger partial charge in [-0.3, -0.25) is 9.48 Å². The number of aromatic nitrogens is 2. The van der Waals surface area contributed by atoms with Gasteiger partial charge in [0.2, 0.25) is 0 Å². The maximum Gasteiger partial charge on any atom is 0.264 e. The molecule has 1 fully saturated rings. The minimum absolute atomic E-state index is 0.0671. The summed E-state index contributed by atoms with van der Waals surface area (Å²) in [5.74, 6) is -0.699. The smallest absolute Gasteiger partial charge is 0.264 e. The minimum atomic E-state index is -3.70. The Labute approximate surface area is 178 Å². The molecule has 1 aliphatic rings. The Hall–Kier alpha value is -1.24. The molecule has 154 valence electrons. The molecule has 28 heavy (non-hydrogen) atoms. The summed E-state index contributed by atoms with van der Waals surface area (Å²) in [7, 11) is -3.70. The maximum atomic E-state index is 12.7. The Morgan fingerprint density at radius 3 is 2.93 bits per heavy atom. The van der Waals surface area contributed by atoms with Crippen molar-refractivity contribution in [2.45, 2.75) is 50.2 Å². The van der Waals surface area contributed by atoms with Gasteiger partial charge in [0.1, 0.15) is 0 Å². The highest BCUT2D eigenvalue weighted by Crippen LogP contribution is 2.24. The highest BCUT2D eigenvalue weighted by molar-refractivity contribution is 14.1. The molecule has 0 bridgehead atoms. The zero-order valence-electron chi connectivity index (χ0n) is 15.9. The van der Waals surface area contributed by atoms with Gasteiger partial charge in [0.25, 0.3) is 5.91 Å². The number of aryl methyl sites for hydroxylation is 1. The van der Waals surface area contributed by atoms with E-state index in [1.807, 2.05) is 24.4 Å². The second kappa shape index (κ2) is 8.64. The number of carbonyl (C=O) groups is 1. The van der Waals surface area contributed by atoms with Gasteiger partial charge in [-0.15, -0.1) is 0 Å². The summed E-state index contributed by atoms with van der Waals surface area (Å²) in [6, 6.07) is 5.87. The predicted octanol–water partition coefficient (Wildman–Crippen LogP) is 2.41. The molecule has 1 aliphatic heterocycles. The zero-order valence-corrected chi connectivity index (χ0v) is 18.8. The number of hydrogen-bond donors (Lipinski definition) is 1. The third-order valence-corrected chi connectivity index (χ3v) is 7.75. The molecule has 0 spiro atoms. The Morgan fingerprint density at radius 1 is 1.46 bits per heavy atom. The summed E-state index contributed by atoms with van der Waals surface area (Å²) >= 11 is 2.22. The first-order valence-electron chi connectivity index (χ1n) is 9.09. The highest BCUT2D eigenvalue weighted by atomic mass is 127. The SMILES string of the molecule is C[C@@](CCn1cc2cc(I)ccc2n1)(C(=O)NO[C@H]1CCCCO1)S(C)(=O)=O. The number of sulfone groups is 1. The molecule has 1 aromatic heterocycles. The van der Waals surface area contributed by atoms with Gasteiger partial charge in [-0.05, 0) is 67.0 Å². The van der Waals surface area contributed by atoms with Crippen LogP contribution in [0.2, 0.25) is 0 Å². The number of amides is 1. The van der Waals surface area contributed by atoms with Crippen molar-refractivity contribution in [3.63, 3.8) is 0 Å². The largest absolute Gasteiger partial charge is 0.350 e. The summed E-state index contributed by atoms with van der Waals surface area (Å²) in [5.41, 5.74) is 3.12. The lowest BCUT2D eigenvalue weighted by molar-refractivity contribution is -0.201. The van der Waals surface area contributed by atoms with Crippen LogP contribution in [0.15, 0.2) is 24.4 Å². The fourth-order valence-corrected chi connectivity index (χ4v) is 4.34. The van der Waals surface area contributed by atoms with E-state index in [9.17, 15) is 13.2 Å². The third-order valence-electron chi connectivity index (χ3n) is 5.05. The quantitative estimate of drug-likeness (QED) is 0.444. The fraction of sp³-hybridized carbons (Fsp3) is 0.556. The monoisotopic (exact) mass is 521 g/mol. The van der Waals surface area contributed by atoms with E-state index >= 15 is 0 Å². The number of nitrogens with zero attached hydrogens (tertiary/aromatic N) is 2. The van der Waals surface area contributed by atoms with Crippen molar-refractivity contribution >= 4 is 49.2 Å². The summed E-state index contributed by atoms with van der Waals surface area (Å²) in [6.45, 7) is 2.26. The number of benzene rings is 1. The van der Waals surface area contributed by atoms with E-state index in [4.69, 9.17) is 9.57 Å². The molecule has 3 rings (SSSR count). The molecule has 1 N–H and O–H groups in total. The molecule has 0 unspecified atom stereocenters. The van der Waals surface area contributed by atoms with Crippen LogP contribution in [0.5, 0.6) is 0 Å². The second-order valence-corrected chi connectivity index (χ2v) is 10.9. The predicted molar refractivity (Wildman–Crippen MR) is 113 cm³/mol. The van der Waals surface area contributed by atoms with E-state index in [1.165, 1.54) is 6.92 Å². The van der Waals surface area contributed by atoms with Crippen LogP contribution in [0.1, 0.15) is 32.6 Å². The zero-order chi connectivity index (χ0) is 20.4. The van der Waals surface area contributed by atoms with Crippen molar-refractivity contribution in [1.29, 1.82) is 0 Å². The van der Waals surface area contributed by atoms with Crippen molar-refractivity contribution in [3.8, 4) is 0 Å². The summed E-state index contributed by atoms with van der Waals surface area (Å²) < 4.78 is 31.3. The molecule has 2 atom stereocenters. The number of rotatable bonds is 7. The Kier molecular flexibility index (Phi) is 6.62. The van der Waals surface area contributed by atoms with Gasteiger partial charge in [0.05, 0.1) is 5.52 Å². The number of hydrogen-bond acceptors (Lipinski definition) is 6. The number of nitrogens with one attached hydrogen (secondary N) is 1. The Morgan fingerprint density at radius 2 is 2.25 bits per heavy atom. The van der Waals surface area contributed by atoms with Crippen molar-refractivity contribution in [2.75, 3.05) is 12.9 Å². The van der Waals surface area contributed by atoms with Gasteiger partial charge in [-0.2, -0.15) is 5.10 Å². The van der Waals surface area contributed by atoms with Crippen molar-refractivity contribution in [2.24, 2.45) is 0 Å². The number of fused-ring (bicyclic) bond motifs is 1. The molecule has 1 amide bonds. The van der Waals surface area contributed by atoms with Crippen molar-refractivity contribution in [1.82, 2.24) is 15.3 Å². The van der Waals surface area contributed by atoms with E-state index in [2.05, 4.69) is 33.2 Å². The van der Waals surface area contributed by atoms with Gasteiger partial charge in [0.15, 0.2) is 20.9 Å². The van der Waals surface area contributed by atoms with E-state index in [-0.39, 0.29) is 13.0 Å². The molecule has 10 heteroatoms. The molecule has 0 radical (unpaired) electrons. The first-order chi connectivity index (χ1) is 13.2. The topological polar surface area (TPSA) is 99.5 Å². The van der Waals surface area contributed by atoms with Gasteiger partial charge in [0, 0.05) is 41.0 Å². The second-order valence-electron chi connectivity index (χ2n) is 7.19. The standard InChI is InChI=1S/C18H24IN3O5S/c1-18(28(2,24)25,17(23)21-27-16-5-3-4-10-26-16)8-9-22-12-13-11-14(19)6-7-15(13)20-22/h6-7,11-12,16H,3-5,8-10H2,1-2H3,(H,21,23)/t16-,18+/m0/s1. The first-order valence-corrected chi connectivity index (χ1v) is 12.1. The number of halogens is 1. The van der Waals surface area contributed by atoms with E-state index in [0.717, 1.165) is 33.6 Å². The van der Waals surface area contributed by atoms with E-state index in [1.54, 1.807) is 4.68 Å². The lowest BCUT2D eigenvalue weighted by Crippen LogP contribution is -2.51. The van der Waals surface area contributed by atoms with E-state index < -0.39 is 26.8 Å². The maximum absolute atomic E-state index is 12.7. The number of ether oxygens (including phenoxy) is 1.